The molecule has 67 heavy (non-hydrogen) atoms. The molecule has 0 aliphatic carbocycles. The largest absolute Gasteiger partial charge is 1.00 e. The number of carbonyl (C=O) groups excluding carboxylic acids is 1. The molecule has 7 rings (SSSR count). The van der Waals surface area contributed by atoms with Crippen LogP contribution in [0.1, 0.15) is 121 Å². The van der Waals surface area contributed by atoms with Gasteiger partial charge in [-0.25, -0.2) is 0 Å². The summed E-state index contributed by atoms with van der Waals surface area (Å²) in [5, 5.41) is 35.9. The molecule has 0 radical (unpaired) electrons. The number of hydrogen-bond donors (Lipinski definition) is 2. The molecule has 0 aromatic carbocycles. The molecular weight excluding hydrogens is 884 g/mol. The van der Waals surface area contributed by atoms with E-state index in [4.69, 9.17) is 61.6 Å². The monoisotopic (exact) mass is 967 g/mol. The molecule has 7 aliphatic heterocycles. The molecule has 0 bridgehead atoms. The third-order valence-electron chi connectivity index (χ3n) is 17.8. The summed E-state index contributed by atoms with van der Waals surface area (Å²) in [6, 6.07) is 0. The van der Waals surface area contributed by atoms with Gasteiger partial charge in [0, 0.05) is 90.4 Å². The molecule has 0 amide bonds. The number of methoxy groups -OCH3 is 5. The summed E-state index contributed by atoms with van der Waals surface area (Å²) in [7, 11) is 8.24. The number of carbonyl (C=O) groups is 1. The fourth-order valence-electron chi connectivity index (χ4n) is 13.7. The molecule has 25 atom stereocenters. The Bertz CT molecular complexity index is 1660. The molecule has 0 aromatic heterocycles. The van der Waals surface area contributed by atoms with Crippen LogP contribution in [-0.2, 0) is 66.4 Å². The number of aliphatic carboxylic acids is 1. The van der Waals surface area contributed by atoms with Gasteiger partial charge in [0.05, 0.1) is 85.3 Å². The van der Waals surface area contributed by atoms with Crippen molar-refractivity contribution < 1.29 is 111 Å². The van der Waals surface area contributed by atoms with Crippen molar-refractivity contribution in [1.82, 2.24) is 0 Å². The average molecular weight is 967 g/mol. The van der Waals surface area contributed by atoms with Crippen molar-refractivity contribution in [3.63, 3.8) is 0 Å². The van der Waals surface area contributed by atoms with Crippen LogP contribution in [0.5, 0.6) is 0 Å². The average Bonchev–Trinajstić information content (AvgIpc) is 4.01. The number of carboxylic acids is 1. The van der Waals surface area contributed by atoms with Crippen LogP contribution in [-0.4, -0.2) is 166 Å². The van der Waals surface area contributed by atoms with Crippen LogP contribution in [0.15, 0.2) is 0 Å². The van der Waals surface area contributed by atoms with Crippen LogP contribution in [0.4, 0.5) is 0 Å². The number of hydrogen-bond acceptors (Lipinski definition) is 17. The van der Waals surface area contributed by atoms with Gasteiger partial charge in [0.2, 0.25) is 0 Å². The van der Waals surface area contributed by atoms with E-state index in [1.807, 2.05) is 27.7 Å². The van der Waals surface area contributed by atoms with Crippen LogP contribution >= 0.6 is 0 Å². The van der Waals surface area contributed by atoms with Gasteiger partial charge in [-0.15, -0.1) is 0 Å². The van der Waals surface area contributed by atoms with Gasteiger partial charge in [0.1, 0.15) is 11.2 Å². The van der Waals surface area contributed by atoms with Gasteiger partial charge in [-0.1, -0.05) is 41.5 Å². The van der Waals surface area contributed by atoms with Crippen molar-refractivity contribution in [3.05, 3.63) is 0 Å². The summed E-state index contributed by atoms with van der Waals surface area (Å²) in [6.45, 7) is 18.9. The molecule has 1 spiro atoms. The molecule has 382 valence electrons. The predicted octanol–water partition coefficient (Wildman–Crippen LogP) is 0.886. The Balaban J connectivity index is 0.00000741. The van der Waals surface area contributed by atoms with Crippen molar-refractivity contribution in [3.8, 4) is 0 Å². The summed E-state index contributed by atoms with van der Waals surface area (Å²) in [5.74, 6) is -9.24. The molecule has 0 aromatic rings. The molecule has 7 saturated heterocycles. The smallest absolute Gasteiger partial charge is 0.550 e. The minimum atomic E-state index is -2.18. The predicted molar refractivity (Wildman–Crippen MR) is 234 cm³/mol. The van der Waals surface area contributed by atoms with Gasteiger partial charge in [0.15, 0.2) is 23.7 Å². The summed E-state index contributed by atoms with van der Waals surface area (Å²) >= 11 is 0. The van der Waals surface area contributed by atoms with Gasteiger partial charge in [-0.05, 0) is 59.8 Å². The molecule has 7 heterocycles. The Hall–Kier alpha value is -0.130. The van der Waals surface area contributed by atoms with Crippen LogP contribution in [0, 0.1) is 35.5 Å². The fraction of sp³-hybridized carbons (Fsp3) is 0.980. The second-order valence-electron chi connectivity index (χ2n) is 21.5. The molecular formula is C49H83NaO17. The zero-order valence-corrected chi connectivity index (χ0v) is 45.2. The number of aliphatic hydroxyl groups is 2. The molecule has 7 aliphatic rings. The van der Waals surface area contributed by atoms with E-state index in [9.17, 15) is 20.1 Å². The van der Waals surface area contributed by atoms with Crippen molar-refractivity contribution in [2.75, 3.05) is 35.5 Å². The molecule has 0 unspecified atom stereocenters. The van der Waals surface area contributed by atoms with Crippen LogP contribution in [0.2, 0.25) is 0 Å². The Morgan fingerprint density at radius 3 is 1.93 bits per heavy atom. The minimum Gasteiger partial charge on any atom is -0.550 e. The normalized spacial score (nSPS) is 53.1. The molecule has 0 saturated carbocycles. The van der Waals surface area contributed by atoms with Gasteiger partial charge in [-0.2, -0.15) is 0 Å². The summed E-state index contributed by atoms with van der Waals surface area (Å²) < 4.78 is 84.9. The molecule has 18 heteroatoms. The van der Waals surface area contributed by atoms with Crippen molar-refractivity contribution in [2.45, 2.75) is 235 Å². The summed E-state index contributed by atoms with van der Waals surface area (Å²) in [4.78, 5) is 12.4. The van der Waals surface area contributed by atoms with Gasteiger partial charge >= 0.3 is 29.6 Å². The van der Waals surface area contributed by atoms with Gasteiger partial charge in [0.25, 0.3) is 0 Å². The van der Waals surface area contributed by atoms with Gasteiger partial charge < -0.3 is 81.7 Å². The van der Waals surface area contributed by atoms with E-state index in [1.54, 1.807) is 42.3 Å². The zero-order valence-electron chi connectivity index (χ0n) is 43.2. The zero-order chi connectivity index (χ0) is 48.5. The number of rotatable bonds is 14. The quantitative estimate of drug-likeness (QED) is 0.233. The molecule has 17 nitrogen and oxygen atoms in total. The minimum absolute atomic E-state index is 0. The van der Waals surface area contributed by atoms with Crippen LogP contribution in [0.3, 0.4) is 0 Å². The first-order valence-corrected chi connectivity index (χ1v) is 24.7. The van der Waals surface area contributed by atoms with Crippen LogP contribution in [0.25, 0.3) is 0 Å². The van der Waals surface area contributed by atoms with Crippen molar-refractivity contribution in [2.24, 2.45) is 35.5 Å². The fourth-order valence-corrected chi connectivity index (χ4v) is 13.7. The van der Waals surface area contributed by atoms with Crippen molar-refractivity contribution >= 4 is 5.97 Å². The second kappa shape index (κ2) is 21.4. The topological polar surface area (TPSA) is 201 Å². The van der Waals surface area contributed by atoms with E-state index in [2.05, 4.69) is 20.8 Å². The first-order valence-electron chi connectivity index (χ1n) is 24.7. The molecule has 2 N–H and O–H groups in total. The molecule has 7 fully saturated rings. The number of carboxylic acid groups (broad SMARTS) is 1. The second-order valence-corrected chi connectivity index (χ2v) is 21.5. The summed E-state index contributed by atoms with van der Waals surface area (Å²) in [6.07, 6.45) is -0.798. The Morgan fingerprint density at radius 1 is 0.701 bits per heavy atom. The Kier molecular flexibility index (Phi) is 17.9. The standard InChI is InChI=1S/C49H84O17.Na/c1-24-40(56-13)26(3)47(10,52)65-41(24)35-17-16-33(60-35)34-18-20-37(61-34)46(9)43(58-15)28(5)49(66-46)25(2)36(55-12)22-31(62-49)23-38-45(8,64-39-21-19-32(54-11)30(7)59-39)42(57-14)27(4)48(53,63-38)29(6)44(50)51;/h24-43,52-53H,16-23H2,1-15H3,(H,50,51);/q;+1/p-1/t24-,25+,26+,27-,28+,29-,30+,31-,32-,33+,34-,35+,36+,37+,38-,39-,40-,41-,42-,43+,45-,46+,47-,48-,49-;/m0./s1. The van der Waals surface area contributed by atoms with E-state index in [0.717, 1.165) is 19.3 Å². The third-order valence-corrected chi connectivity index (χ3v) is 17.8. The van der Waals surface area contributed by atoms with E-state index in [1.165, 1.54) is 14.0 Å². The number of ether oxygens (including phenoxy) is 13. The van der Waals surface area contributed by atoms with E-state index >= 15 is 0 Å². The van der Waals surface area contributed by atoms with Crippen LogP contribution < -0.4 is 34.7 Å². The first-order chi connectivity index (χ1) is 31.0. The summed E-state index contributed by atoms with van der Waals surface area (Å²) in [5.41, 5.74) is -2.22. The Labute approximate surface area is 421 Å². The maximum absolute atomic E-state index is 12.4. The Morgan fingerprint density at radius 2 is 1.33 bits per heavy atom. The third kappa shape index (κ3) is 9.89. The maximum atomic E-state index is 12.4. The SMILES string of the molecule is CO[C@H]1[C@H](C)[C@@H]([C@H]2CC[C@H]([C@@H]3CC[C@H]([C@@]4(C)O[C@]5(O[C@H](C[C@@H]6O[C@](O)([C@@H](C)C(=O)[O-])[C@@H](C)[C@H](OC)[C@@]6(C)O[C@H]6CC[C@H](OC)[C@@H](C)O6)C[C@@H](OC)[C@H]5C)[C@H](C)[C@H]4OC)O3)O2)O[C@](C)(O)[C@@H]1C.[Na+]. The van der Waals surface area contributed by atoms with E-state index in [-0.39, 0.29) is 115 Å². The maximum Gasteiger partial charge on any atom is 1.00 e. The van der Waals surface area contributed by atoms with E-state index in [0.29, 0.717) is 25.7 Å². The van der Waals surface area contributed by atoms with E-state index < -0.39 is 77.1 Å². The first kappa shape index (κ1) is 56.2. The van der Waals surface area contributed by atoms with Crippen molar-refractivity contribution in [1.29, 1.82) is 0 Å². The van der Waals surface area contributed by atoms with Gasteiger partial charge in [-0.3, -0.25) is 0 Å².